The number of rotatable bonds is 24. The molecule has 0 aromatic rings. The fourth-order valence-electron chi connectivity index (χ4n) is 4.47. The van der Waals surface area contributed by atoms with Gasteiger partial charge in [-0.25, -0.2) is 0 Å². The second-order valence-corrected chi connectivity index (χ2v) is 13.2. The predicted octanol–water partition coefficient (Wildman–Crippen LogP) is 3.08. The molecule has 7 N–H and O–H groups in total. The van der Waals surface area contributed by atoms with E-state index in [0.29, 0.717) is 32.5 Å². The van der Waals surface area contributed by atoms with Gasteiger partial charge in [0.1, 0.15) is 0 Å². The van der Waals surface area contributed by atoms with Gasteiger partial charge in [-0.05, 0) is 121 Å². The van der Waals surface area contributed by atoms with Crippen LogP contribution in [0.3, 0.4) is 0 Å². The van der Waals surface area contributed by atoms with Gasteiger partial charge in [0.25, 0.3) is 0 Å². The van der Waals surface area contributed by atoms with Crippen LogP contribution in [0.4, 0.5) is 0 Å². The predicted molar refractivity (Wildman–Crippen MR) is 162 cm³/mol. The van der Waals surface area contributed by atoms with Crippen LogP contribution in [0.25, 0.3) is 0 Å². The third-order valence-corrected chi connectivity index (χ3v) is 7.60. The lowest BCUT2D eigenvalue weighted by molar-refractivity contribution is -0.130. The summed E-state index contributed by atoms with van der Waals surface area (Å²) >= 11 is 0. The van der Waals surface area contributed by atoms with Crippen molar-refractivity contribution in [2.24, 2.45) is 11.5 Å². The number of nitrogens with two attached hydrogens (primary N) is 2. The van der Waals surface area contributed by atoms with Crippen LogP contribution < -0.4 is 27.4 Å². The number of methoxy groups -OCH3 is 1. The standard InChI is InChI=1S/C30H63N5O4/c1-27(2,38-10)18-22-39-28(3,4)17-21-34-29(5,6)26(37)24(16-12-14-20-33-9)35-30(7,8)25(36)23(32)15-11-13-19-31/h23-24,33-35H,11-22,31-32H2,1-10H3. The minimum atomic E-state index is -0.923. The minimum absolute atomic E-state index is 0.0464. The van der Waals surface area contributed by atoms with Crippen molar-refractivity contribution in [3.05, 3.63) is 0 Å². The van der Waals surface area contributed by atoms with Gasteiger partial charge in [0.2, 0.25) is 0 Å². The molecule has 0 rings (SSSR count). The van der Waals surface area contributed by atoms with Crippen LogP contribution >= 0.6 is 0 Å². The topological polar surface area (TPSA) is 141 Å². The quantitative estimate of drug-likeness (QED) is 0.113. The summed E-state index contributed by atoms with van der Waals surface area (Å²) in [6.07, 6.45) is 6.27. The fourth-order valence-corrected chi connectivity index (χ4v) is 4.47. The molecule has 9 heteroatoms. The SMILES string of the molecule is CNCCCCC(NC(C)(C)C(=O)C(N)CCCCN)C(=O)C(C)(C)NCCC(C)(C)OCCC(C)(C)OC. The number of carbonyl (C=O) groups excluding carboxylic acids is 2. The minimum Gasteiger partial charge on any atom is -0.379 e. The number of ketones is 2. The molecule has 0 aliphatic rings. The molecule has 39 heavy (non-hydrogen) atoms. The Balaban J connectivity index is 5.28. The van der Waals surface area contributed by atoms with Crippen LogP contribution in [0.1, 0.15) is 107 Å². The monoisotopic (exact) mass is 557 g/mol. The molecular weight excluding hydrogens is 494 g/mol. The molecule has 0 fully saturated rings. The van der Waals surface area contributed by atoms with E-state index < -0.39 is 23.2 Å². The Morgan fingerprint density at radius 2 is 1.41 bits per heavy atom. The van der Waals surface area contributed by atoms with Crippen molar-refractivity contribution < 1.29 is 19.1 Å². The lowest BCUT2D eigenvalue weighted by Crippen LogP contribution is -2.62. The second kappa shape index (κ2) is 17.8. The number of hydrogen-bond donors (Lipinski definition) is 5. The number of ether oxygens (including phenoxy) is 2. The van der Waals surface area contributed by atoms with E-state index in [9.17, 15) is 9.59 Å². The Hall–Kier alpha value is -0.940. The fraction of sp³-hybridized carbons (Fsp3) is 0.933. The highest BCUT2D eigenvalue weighted by molar-refractivity contribution is 5.95. The average Bonchev–Trinajstić information content (AvgIpc) is 2.84. The van der Waals surface area contributed by atoms with Crippen molar-refractivity contribution in [1.82, 2.24) is 16.0 Å². The maximum Gasteiger partial charge on any atom is 0.169 e. The second-order valence-electron chi connectivity index (χ2n) is 13.2. The zero-order valence-corrected chi connectivity index (χ0v) is 26.9. The molecular formula is C30H63N5O4. The summed E-state index contributed by atoms with van der Waals surface area (Å²) < 4.78 is 11.6. The van der Waals surface area contributed by atoms with Gasteiger partial charge >= 0.3 is 0 Å². The number of unbranched alkanes of at least 4 members (excludes halogenated alkanes) is 2. The van der Waals surface area contributed by atoms with Gasteiger partial charge in [-0.1, -0.05) is 12.8 Å². The smallest absolute Gasteiger partial charge is 0.169 e. The highest BCUT2D eigenvalue weighted by Crippen LogP contribution is 2.21. The first kappa shape index (κ1) is 38.1. The van der Waals surface area contributed by atoms with Crippen LogP contribution in [0, 0.1) is 0 Å². The summed E-state index contributed by atoms with van der Waals surface area (Å²) in [6.45, 7) is 18.4. The zero-order valence-electron chi connectivity index (χ0n) is 26.9. The highest BCUT2D eigenvalue weighted by Gasteiger charge is 2.39. The van der Waals surface area contributed by atoms with Crippen LogP contribution in [0.2, 0.25) is 0 Å². The van der Waals surface area contributed by atoms with Crippen molar-refractivity contribution in [3.63, 3.8) is 0 Å². The van der Waals surface area contributed by atoms with Gasteiger partial charge in [0, 0.05) is 7.11 Å². The van der Waals surface area contributed by atoms with Crippen molar-refractivity contribution in [1.29, 1.82) is 0 Å². The van der Waals surface area contributed by atoms with Gasteiger partial charge in [-0.2, -0.15) is 0 Å². The van der Waals surface area contributed by atoms with E-state index >= 15 is 0 Å². The summed E-state index contributed by atoms with van der Waals surface area (Å²) in [5.74, 6) is -0.0287. The molecule has 0 radical (unpaired) electrons. The molecule has 0 saturated heterocycles. The molecule has 0 aromatic carbocycles. The maximum atomic E-state index is 13.8. The van der Waals surface area contributed by atoms with Crippen molar-refractivity contribution in [2.45, 2.75) is 141 Å². The molecule has 0 aliphatic heterocycles. The summed E-state index contributed by atoms with van der Waals surface area (Å²) in [5.41, 5.74) is 9.56. The molecule has 9 nitrogen and oxygen atoms in total. The van der Waals surface area contributed by atoms with E-state index in [2.05, 4.69) is 29.8 Å². The zero-order chi connectivity index (χ0) is 30.3. The van der Waals surface area contributed by atoms with Gasteiger partial charge < -0.3 is 31.6 Å². The van der Waals surface area contributed by atoms with E-state index in [1.54, 1.807) is 7.11 Å². The Morgan fingerprint density at radius 3 is 1.97 bits per heavy atom. The number of carbonyl (C=O) groups is 2. The lowest BCUT2D eigenvalue weighted by Gasteiger charge is -2.36. The molecule has 0 amide bonds. The van der Waals surface area contributed by atoms with Crippen LogP contribution in [-0.4, -0.2) is 86.3 Å². The van der Waals surface area contributed by atoms with E-state index in [1.807, 2.05) is 48.6 Å². The molecule has 0 bridgehead atoms. The Labute approximate surface area is 239 Å². The first-order chi connectivity index (χ1) is 17.9. The maximum absolute atomic E-state index is 13.8. The summed E-state index contributed by atoms with van der Waals surface area (Å²) in [6, 6.07) is -1.05. The number of nitrogens with one attached hydrogen (secondary N) is 3. The first-order valence-electron chi connectivity index (χ1n) is 14.9. The average molecular weight is 558 g/mol. The van der Waals surface area contributed by atoms with Crippen LogP contribution in [0.15, 0.2) is 0 Å². The molecule has 232 valence electrons. The molecule has 2 atom stereocenters. The van der Waals surface area contributed by atoms with E-state index in [4.69, 9.17) is 20.9 Å². The molecule has 0 saturated carbocycles. The summed E-state index contributed by atoms with van der Waals surface area (Å²) in [4.78, 5) is 27.1. The summed E-state index contributed by atoms with van der Waals surface area (Å²) in [7, 11) is 3.64. The third-order valence-electron chi connectivity index (χ3n) is 7.60. The molecule has 0 spiro atoms. The van der Waals surface area contributed by atoms with Crippen molar-refractivity contribution in [3.8, 4) is 0 Å². The molecule has 0 aliphatic carbocycles. The molecule has 0 aromatic heterocycles. The van der Waals surface area contributed by atoms with E-state index in [-0.39, 0.29) is 22.8 Å². The summed E-state index contributed by atoms with van der Waals surface area (Å²) in [5, 5.41) is 10.0. The van der Waals surface area contributed by atoms with Gasteiger partial charge in [-0.15, -0.1) is 0 Å². The van der Waals surface area contributed by atoms with E-state index in [0.717, 1.165) is 45.1 Å². The lowest BCUT2D eigenvalue weighted by atomic mass is 9.85. The number of Topliss-reactive ketones (excluding diaryl/α,β-unsaturated/α-hetero) is 2. The van der Waals surface area contributed by atoms with Gasteiger partial charge in [0.15, 0.2) is 11.6 Å². The Kier molecular flexibility index (Phi) is 17.4. The molecule has 2 unspecified atom stereocenters. The largest absolute Gasteiger partial charge is 0.379 e. The Morgan fingerprint density at radius 1 is 0.795 bits per heavy atom. The molecule has 0 heterocycles. The normalized spacial score (nSPS) is 14.9. The third kappa shape index (κ3) is 15.6. The Bertz CT molecular complexity index is 709. The first-order valence-corrected chi connectivity index (χ1v) is 14.9. The van der Waals surface area contributed by atoms with Crippen LogP contribution in [0.5, 0.6) is 0 Å². The highest BCUT2D eigenvalue weighted by atomic mass is 16.5. The van der Waals surface area contributed by atoms with Crippen molar-refractivity contribution >= 4 is 11.6 Å². The van der Waals surface area contributed by atoms with Gasteiger partial charge in [-0.3, -0.25) is 14.9 Å². The van der Waals surface area contributed by atoms with Crippen LogP contribution in [-0.2, 0) is 19.1 Å². The van der Waals surface area contributed by atoms with Crippen molar-refractivity contribution in [2.75, 3.05) is 40.4 Å². The number of hydrogen-bond acceptors (Lipinski definition) is 9. The van der Waals surface area contributed by atoms with E-state index in [1.165, 1.54) is 0 Å². The van der Waals surface area contributed by atoms with Gasteiger partial charge in [0.05, 0.1) is 41.0 Å².